The van der Waals surface area contributed by atoms with Gasteiger partial charge in [0, 0.05) is 20.5 Å². The van der Waals surface area contributed by atoms with E-state index in [1.54, 1.807) is 7.05 Å². The minimum absolute atomic E-state index is 0.120. The molecule has 0 radical (unpaired) electrons. The Labute approximate surface area is 93.5 Å². The first-order valence-electron chi connectivity index (χ1n) is 4.56. The van der Waals surface area contributed by atoms with Crippen molar-refractivity contribution in [2.24, 2.45) is 0 Å². The molecule has 0 aromatic carbocycles. The molecule has 82 valence electrons. The van der Waals surface area contributed by atoms with Gasteiger partial charge in [-0.05, 0) is 6.92 Å². The van der Waals surface area contributed by atoms with Crippen LogP contribution in [-0.4, -0.2) is 29.5 Å². The third-order valence-corrected chi connectivity index (χ3v) is 2.21. The molecule has 0 fully saturated rings. The van der Waals surface area contributed by atoms with Gasteiger partial charge in [-0.15, -0.1) is 0 Å². The third kappa shape index (κ3) is 2.56. The van der Waals surface area contributed by atoms with Crippen LogP contribution in [0.3, 0.4) is 0 Å². The number of carbonyl (C=O) groups is 1. The molecule has 0 aliphatic rings. The van der Waals surface area contributed by atoms with Crippen molar-refractivity contribution in [3.05, 3.63) is 11.5 Å². The van der Waals surface area contributed by atoms with Crippen molar-refractivity contribution in [2.45, 2.75) is 13.8 Å². The van der Waals surface area contributed by atoms with E-state index in [4.69, 9.17) is 11.6 Å². The van der Waals surface area contributed by atoms with Gasteiger partial charge in [0.2, 0.25) is 5.91 Å². The molecule has 0 saturated carbocycles. The first kappa shape index (κ1) is 11.7. The van der Waals surface area contributed by atoms with Crippen LogP contribution in [0.4, 0.5) is 11.5 Å². The molecule has 15 heavy (non-hydrogen) atoms. The van der Waals surface area contributed by atoms with Gasteiger partial charge in [-0.2, -0.15) is 0 Å². The van der Waals surface area contributed by atoms with Crippen LogP contribution >= 0.6 is 11.6 Å². The monoisotopic (exact) mass is 228 g/mol. The summed E-state index contributed by atoms with van der Waals surface area (Å²) in [4.78, 5) is 20.5. The van der Waals surface area contributed by atoms with Gasteiger partial charge in [0.1, 0.15) is 12.0 Å². The lowest BCUT2D eigenvalue weighted by Gasteiger charge is -2.19. The highest BCUT2D eigenvalue weighted by Gasteiger charge is 2.16. The fourth-order valence-corrected chi connectivity index (χ4v) is 1.37. The minimum atomic E-state index is -0.120. The van der Waals surface area contributed by atoms with E-state index in [2.05, 4.69) is 15.3 Å². The zero-order chi connectivity index (χ0) is 11.4. The van der Waals surface area contributed by atoms with E-state index in [0.29, 0.717) is 18.1 Å². The fourth-order valence-electron chi connectivity index (χ4n) is 1.11. The van der Waals surface area contributed by atoms with E-state index in [-0.39, 0.29) is 11.1 Å². The molecule has 5 nitrogen and oxygen atoms in total. The third-order valence-electron chi connectivity index (χ3n) is 1.93. The summed E-state index contributed by atoms with van der Waals surface area (Å²) in [6, 6.07) is 0. The molecular formula is C9H13ClN4O. The summed E-state index contributed by atoms with van der Waals surface area (Å²) in [5.41, 5.74) is 0.508. The number of nitrogens with one attached hydrogen (secondary N) is 1. The summed E-state index contributed by atoms with van der Waals surface area (Å²) in [6.07, 6.45) is 1.36. The van der Waals surface area contributed by atoms with E-state index < -0.39 is 0 Å². The predicted molar refractivity (Wildman–Crippen MR) is 60.3 cm³/mol. The average molecular weight is 229 g/mol. The van der Waals surface area contributed by atoms with Crippen LogP contribution < -0.4 is 10.2 Å². The molecule has 0 aliphatic heterocycles. The van der Waals surface area contributed by atoms with Gasteiger partial charge in [0.25, 0.3) is 0 Å². The van der Waals surface area contributed by atoms with Crippen molar-refractivity contribution >= 4 is 29.0 Å². The van der Waals surface area contributed by atoms with Gasteiger partial charge < -0.3 is 10.2 Å². The zero-order valence-corrected chi connectivity index (χ0v) is 9.67. The smallest absolute Gasteiger partial charge is 0.223 e. The van der Waals surface area contributed by atoms with Crippen LogP contribution in [0.5, 0.6) is 0 Å². The van der Waals surface area contributed by atoms with Crippen molar-refractivity contribution < 1.29 is 4.79 Å². The Morgan fingerprint density at radius 2 is 2.27 bits per heavy atom. The maximum absolute atomic E-state index is 11.2. The summed E-state index contributed by atoms with van der Waals surface area (Å²) in [5, 5.41) is 3.29. The second-order valence-corrected chi connectivity index (χ2v) is 3.33. The molecule has 1 amide bonds. The van der Waals surface area contributed by atoms with Crippen molar-refractivity contribution in [2.75, 3.05) is 23.8 Å². The summed E-state index contributed by atoms with van der Waals surface area (Å²) < 4.78 is 0. The molecule has 6 heteroatoms. The SMILES string of the molecule is CCNc1ncnc(Cl)c1N(C)C(C)=O. The van der Waals surface area contributed by atoms with E-state index in [1.165, 1.54) is 18.2 Å². The number of halogens is 1. The van der Waals surface area contributed by atoms with Crippen LogP contribution in [-0.2, 0) is 4.79 Å². The Kier molecular flexibility index (Phi) is 3.85. The summed E-state index contributed by atoms with van der Waals surface area (Å²) in [7, 11) is 1.63. The lowest BCUT2D eigenvalue weighted by Crippen LogP contribution is -2.25. The van der Waals surface area contributed by atoms with E-state index >= 15 is 0 Å². The number of carbonyl (C=O) groups excluding carboxylic acids is 1. The molecular weight excluding hydrogens is 216 g/mol. The summed E-state index contributed by atoms with van der Waals surface area (Å²) >= 11 is 5.92. The Morgan fingerprint density at radius 1 is 1.60 bits per heavy atom. The quantitative estimate of drug-likeness (QED) is 0.798. The Hall–Kier alpha value is -1.36. The molecule has 0 unspecified atom stereocenters. The average Bonchev–Trinajstić information content (AvgIpc) is 2.17. The lowest BCUT2D eigenvalue weighted by atomic mass is 10.4. The second-order valence-electron chi connectivity index (χ2n) is 2.97. The van der Waals surface area contributed by atoms with Crippen molar-refractivity contribution in [1.29, 1.82) is 0 Å². The number of rotatable bonds is 3. The Morgan fingerprint density at radius 3 is 2.80 bits per heavy atom. The van der Waals surface area contributed by atoms with Gasteiger partial charge in [-0.3, -0.25) is 4.79 Å². The summed E-state index contributed by atoms with van der Waals surface area (Å²) in [6.45, 7) is 4.10. The lowest BCUT2D eigenvalue weighted by molar-refractivity contribution is -0.116. The molecule has 1 N–H and O–H groups in total. The van der Waals surface area contributed by atoms with Gasteiger partial charge in [0.05, 0.1) is 0 Å². The van der Waals surface area contributed by atoms with Gasteiger partial charge in [0.15, 0.2) is 11.0 Å². The number of hydrogen-bond acceptors (Lipinski definition) is 4. The maximum Gasteiger partial charge on any atom is 0.223 e. The molecule has 1 aromatic rings. The molecule has 0 bridgehead atoms. The number of amides is 1. The maximum atomic E-state index is 11.2. The van der Waals surface area contributed by atoms with Gasteiger partial charge in [-0.25, -0.2) is 9.97 Å². The predicted octanol–water partition coefficient (Wildman–Crippen LogP) is 1.54. The van der Waals surface area contributed by atoms with Crippen LogP contribution in [0.1, 0.15) is 13.8 Å². The van der Waals surface area contributed by atoms with Crippen LogP contribution in [0, 0.1) is 0 Å². The van der Waals surface area contributed by atoms with Crippen molar-refractivity contribution in [3.63, 3.8) is 0 Å². The zero-order valence-electron chi connectivity index (χ0n) is 8.91. The molecule has 0 atom stereocenters. The molecule has 0 saturated heterocycles. The number of nitrogens with zero attached hydrogens (tertiary/aromatic N) is 3. The first-order valence-corrected chi connectivity index (χ1v) is 4.94. The second kappa shape index (κ2) is 4.93. The molecule has 1 heterocycles. The van der Waals surface area contributed by atoms with Gasteiger partial charge in [-0.1, -0.05) is 11.6 Å². The van der Waals surface area contributed by atoms with Crippen molar-refractivity contribution in [3.8, 4) is 0 Å². The van der Waals surface area contributed by atoms with Crippen LogP contribution in [0.2, 0.25) is 5.15 Å². The Balaban J connectivity index is 3.17. The van der Waals surface area contributed by atoms with E-state index in [1.807, 2.05) is 6.92 Å². The number of hydrogen-bond donors (Lipinski definition) is 1. The molecule has 0 aliphatic carbocycles. The van der Waals surface area contributed by atoms with Crippen molar-refractivity contribution in [1.82, 2.24) is 9.97 Å². The first-order chi connectivity index (χ1) is 7.07. The van der Waals surface area contributed by atoms with Crippen LogP contribution in [0.25, 0.3) is 0 Å². The topological polar surface area (TPSA) is 58.1 Å². The molecule has 0 spiro atoms. The summed E-state index contributed by atoms with van der Waals surface area (Å²) in [5.74, 6) is 0.445. The van der Waals surface area contributed by atoms with Crippen LogP contribution in [0.15, 0.2) is 6.33 Å². The van der Waals surface area contributed by atoms with E-state index in [9.17, 15) is 4.79 Å². The number of anilines is 2. The molecule has 1 aromatic heterocycles. The van der Waals surface area contributed by atoms with E-state index in [0.717, 1.165) is 0 Å². The molecule has 1 rings (SSSR count). The highest BCUT2D eigenvalue weighted by Crippen LogP contribution is 2.29. The highest BCUT2D eigenvalue weighted by molar-refractivity contribution is 6.33. The normalized spacial score (nSPS) is 9.87. The minimum Gasteiger partial charge on any atom is -0.368 e. The number of aromatic nitrogens is 2. The van der Waals surface area contributed by atoms with Gasteiger partial charge >= 0.3 is 0 Å². The standard InChI is InChI=1S/C9H13ClN4O/c1-4-11-9-7(14(3)6(2)15)8(10)12-5-13-9/h5H,4H2,1-3H3,(H,11,12,13). The highest BCUT2D eigenvalue weighted by atomic mass is 35.5. The Bertz CT molecular complexity index is 369. The largest absolute Gasteiger partial charge is 0.368 e. The fraction of sp³-hybridized carbons (Fsp3) is 0.444.